The minimum absolute atomic E-state index is 0. The fourth-order valence-electron chi connectivity index (χ4n) is 0.345. The molecule has 0 radical (unpaired) electrons. The van der Waals surface area contributed by atoms with Gasteiger partial charge in [-0.15, -0.1) is 0 Å². The predicted molar refractivity (Wildman–Crippen MR) is 43.2 cm³/mol. The third-order valence-corrected chi connectivity index (χ3v) is 1.29. The van der Waals surface area contributed by atoms with Crippen molar-refractivity contribution in [2.24, 2.45) is 0 Å². The molecular weight excluding hydrogens is 136 g/mol. The highest BCUT2D eigenvalue weighted by Crippen LogP contribution is 1.81. The molecule has 0 aliphatic rings. The highest BCUT2D eigenvalue weighted by molar-refractivity contribution is 7.80. The van der Waals surface area contributed by atoms with Crippen LogP contribution in [-0.4, -0.2) is 30.9 Å². The van der Waals surface area contributed by atoms with Crippen molar-refractivity contribution in [2.45, 2.75) is 6.92 Å². The minimum Gasteiger partial charge on any atom is -0.361 e. The largest absolute Gasteiger partial charge is 0.361 e. The summed E-state index contributed by atoms with van der Waals surface area (Å²) in [4.78, 5) is 4.79. The first-order valence-corrected chi connectivity index (χ1v) is 3.18. The van der Waals surface area contributed by atoms with E-state index in [2.05, 4.69) is 5.32 Å². The number of nitrogens with zero attached hydrogens (tertiary/aromatic N) is 1. The number of thiocarbonyl (C=S) groups is 1. The van der Waals surface area contributed by atoms with E-state index in [9.17, 15) is 0 Å². The first-order valence-electron chi connectivity index (χ1n) is 2.78. The van der Waals surface area contributed by atoms with Gasteiger partial charge < -0.3 is 5.32 Å². The third kappa shape index (κ3) is 3.26. The van der Waals surface area contributed by atoms with Crippen LogP contribution < -0.4 is 5.32 Å². The number of rotatable bonds is 2. The smallest absolute Gasteiger partial charge is 0.192 e. The van der Waals surface area contributed by atoms with Gasteiger partial charge in [0.2, 0.25) is 0 Å². The molecule has 0 saturated heterocycles. The summed E-state index contributed by atoms with van der Waals surface area (Å²) in [5.41, 5.74) is 0. The Morgan fingerprint density at radius 2 is 2.44 bits per heavy atom. The SMILES string of the molecule is CCNC(=S)N(C)OC.[HH]. The number of hydroxylamine groups is 2. The summed E-state index contributed by atoms with van der Waals surface area (Å²) >= 11 is 4.86. The van der Waals surface area contributed by atoms with Crippen LogP contribution in [0.2, 0.25) is 0 Å². The van der Waals surface area contributed by atoms with Crippen molar-refractivity contribution in [2.75, 3.05) is 20.7 Å². The summed E-state index contributed by atoms with van der Waals surface area (Å²) in [7, 11) is 3.33. The van der Waals surface area contributed by atoms with Gasteiger partial charge in [-0.2, -0.15) is 0 Å². The zero-order valence-electron chi connectivity index (χ0n) is 5.97. The molecule has 0 aliphatic heterocycles. The molecule has 0 spiro atoms. The molecule has 0 aromatic carbocycles. The lowest BCUT2D eigenvalue weighted by Gasteiger charge is -2.16. The Morgan fingerprint density at radius 1 is 1.89 bits per heavy atom. The van der Waals surface area contributed by atoms with Crippen LogP contribution in [0.5, 0.6) is 0 Å². The Balaban J connectivity index is 0. The summed E-state index contributed by atoms with van der Waals surface area (Å²) in [5, 5.41) is 5.04. The van der Waals surface area contributed by atoms with Crippen molar-refractivity contribution in [1.82, 2.24) is 10.4 Å². The molecule has 56 valence electrons. The Morgan fingerprint density at radius 3 is 2.78 bits per heavy atom. The summed E-state index contributed by atoms with van der Waals surface area (Å²) in [6.07, 6.45) is 0. The van der Waals surface area contributed by atoms with Crippen LogP contribution in [0.1, 0.15) is 8.35 Å². The molecular formula is C5H14N2OS. The van der Waals surface area contributed by atoms with Crippen molar-refractivity contribution < 1.29 is 6.26 Å². The lowest BCUT2D eigenvalue weighted by molar-refractivity contribution is -0.0422. The average Bonchev–Trinajstić information content (AvgIpc) is 1.87. The molecule has 1 N–H and O–H groups in total. The van der Waals surface area contributed by atoms with Gasteiger partial charge in [0.05, 0.1) is 7.11 Å². The number of hydrogen-bond donors (Lipinski definition) is 1. The predicted octanol–water partition coefficient (Wildman–Crippen LogP) is 0.620. The van der Waals surface area contributed by atoms with E-state index >= 15 is 0 Å². The van der Waals surface area contributed by atoms with Crippen LogP contribution in [0.3, 0.4) is 0 Å². The monoisotopic (exact) mass is 150 g/mol. The molecule has 0 aliphatic carbocycles. The maximum Gasteiger partial charge on any atom is 0.192 e. The van der Waals surface area contributed by atoms with Crippen LogP contribution in [0.4, 0.5) is 0 Å². The molecule has 0 fully saturated rings. The van der Waals surface area contributed by atoms with Crippen molar-refractivity contribution in [3.05, 3.63) is 0 Å². The fraction of sp³-hybridized carbons (Fsp3) is 0.800. The van der Waals surface area contributed by atoms with Gasteiger partial charge in [-0.05, 0) is 19.1 Å². The van der Waals surface area contributed by atoms with Gasteiger partial charge in [0.15, 0.2) is 5.11 Å². The standard InChI is InChI=1S/C5H12N2OS.H2/c1-4-6-5(9)7(2)8-3;/h4H2,1-3H3,(H,6,9);1H. The van der Waals surface area contributed by atoms with Crippen LogP contribution in [-0.2, 0) is 4.84 Å². The first kappa shape index (κ1) is 8.65. The van der Waals surface area contributed by atoms with E-state index in [1.165, 1.54) is 5.06 Å². The minimum atomic E-state index is 0. The van der Waals surface area contributed by atoms with Gasteiger partial charge in [-0.25, -0.2) is 5.06 Å². The summed E-state index contributed by atoms with van der Waals surface area (Å²) < 4.78 is 0. The average molecular weight is 150 g/mol. The second kappa shape index (κ2) is 4.52. The summed E-state index contributed by atoms with van der Waals surface area (Å²) in [6.45, 7) is 2.81. The van der Waals surface area contributed by atoms with E-state index in [1.807, 2.05) is 6.92 Å². The van der Waals surface area contributed by atoms with Gasteiger partial charge in [0.1, 0.15) is 0 Å². The van der Waals surface area contributed by atoms with E-state index < -0.39 is 0 Å². The Hall–Kier alpha value is -0.350. The van der Waals surface area contributed by atoms with Crippen molar-refractivity contribution in [1.29, 1.82) is 0 Å². The van der Waals surface area contributed by atoms with Gasteiger partial charge in [-0.3, -0.25) is 4.84 Å². The van der Waals surface area contributed by atoms with E-state index in [1.54, 1.807) is 14.2 Å². The van der Waals surface area contributed by atoms with Gasteiger partial charge in [-0.1, -0.05) is 0 Å². The second-order valence-corrected chi connectivity index (χ2v) is 1.90. The first-order chi connectivity index (χ1) is 4.22. The molecule has 0 aromatic rings. The lowest BCUT2D eigenvalue weighted by Crippen LogP contribution is -2.35. The molecule has 0 atom stereocenters. The Bertz CT molecular complexity index is 102. The van der Waals surface area contributed by atoms with E-state index in [0.29, 0.717) is 5.11 Å². The molecule has 0 bridgehead atoms. The number of hydrogen-bond acceptors (Lipinski definition) is 2. The highest BCUT2D eigenvalue weighted by Gasteiger charge is 1.97. The van der Waals surface area contributed by atoms with E-state index in [0.717, 1.165) is 6.54 Å². The van der Waals surface area contributed by atoms with Crippen LogP contribution in [0.15, 0.2) is 0 Å². The van der Waals surface area contributed by atoms with Gasteiger partial charge in [0, 0.05) is 15.0 Å². The van der Waals surface area contributed by atoms with Gasteiger partial charge in [0.25, 0.3) is 0 Å². The van der Waals surface area contributed by atoms with E-state index in [-0.39, 0.29) is 1.43 Å². The van der Waals surface area contributed by atoms with Crippen LogP contribution in [0, 0.1) is 0 Å². The summed E-state index contributed by atoms with van der Waals surface area (Å²) in [5.74, 6) is 0. The Kier molecular flexibility index (Phi) is 4.35. The second-order valence-electron chi connectivity index (χ2n) is 1.52. The molecule has 0 unspecified atom stereocenters. The molecule has 0 saturated carbocycles. The van der Waals surface area contributed by atoms with E-state index in [4.69, 9.17) is 17.1 Å². The topological polar surface area (TPSA) is 24.5 Å². The molecule has 4 heteroatoms. The maximum atomic E-state index is 4.86. The molecule has 9 heavy (non-hydrogen) atoms. The number of nitrogens with one attached hydrogen (secondary N) is 1. The normalized spacial score (nSPS) is 8.78. The van der Waals surface area contributed by atoms with Crippen LogP contribution in [0.25, 0.3) is 0 Å². The van der Waals surface area contributed by atoms with Crippen molar-refractivity contribution in [3.63, 3.8) is 0 Å². The highest BCUT2D eigenvalue weighted by atomic mass is 32.1. The Labute approximate surface area is 62.4 Å². The van der Waals surface area contributed by atoms with Crippen molar-refractivity contribution >= 4 is 17.3 Å². The van der Waals surface area contributed by atoms with Gasteiger partial charge >= 0.3 is 0 Å². The molecule has 0 rings (SSSR count). The summed E-state index contributed by atoms with van der Waals surface area (Å²) in [6, 6.07) is 0. The van der Waals surface area contributed by atoms with Crippen LogP contribution >= 0.6 is 12.2 Å². The zero-order chi connectivity index (χ0) is 7.28. The molecule has 3 nitrogen and oxygen atoms in total. The lowest BCUT2D eigenvalue weighted by atomic mass is 10.7. The third-order valence-electron chi connectivity index (χ3n) is 0.888. The molecule has 0 heterocycles. The molecule has 0 aromatic heterocycles. The maximum absolute atomic E-state index is 4.86. The van der Waals surface area contributed by atoms with Crippen molar-refractivity contribution in [3.8, 4) is 0 Å². The quantitative estimate of drug-likeness (QED) is 0.461. The fourth-order valence-corrected chi connectivity index (χ4v) is 0.564. The molecule has 0 amide bonds. The zero-order valence-corrected chi connectivity index (χ0v) is 6.79.